The van der Waals surface area contributed by atoms with E-state index in [1.165, 1.54) is 39.5 Å². The van der Waals surface area contributed by atoms with Crippen molar-refractivity contribution in [3.63, 3.8) is 0 Å². The fourth-order valence-corrected chi connectivity index (χ4v) is 4.23. The Labute approximate surface area is 178 Å². The smallest absolute Gasteiger partial charge is 0.303 e. The van der Waals surface area contributed by atoms with Crippen LogP contribution in [0.3, 0.4) is 0 Å². The number of ether oxygens (including phenoxy) is 5. The Morgan fingerprint density at radius 1 is 0.867 bits per heavy atom. The molecule has 0 aromatic carbocycles. The minimum Gasteiger partial charge on any atom is -0.463 e. The molecule has 0 saturated carbocycles. The highest BCUT2D eigenvalue weighted by Gasteiger charge is 2.52. The minimum atomic E-state index is -1.15. The first-order chi connectivity index (χ1) is 14.0. The van der Waals surface area contributed by atoms with Crippen molar-refractivity contribution in [2.45, 2.75) is 76.6 Å². The molecule has 2 rings (SSSR count). The average Bonchev–Trinajstić information content (AvgIpc) is 3.34. The second-order valence-electron chi connectivity index (χ2n) is 7.11. The van der Waals surface area contributed by atoms with E-state index in [1.54, 1.807) is 0 Å². The second-order valence-corrected chi connectivity index (χ2v) is 8.31. The van der Waals surface area contributed by atoms with Gasteiger partial charge in [-0.15, -0.1) is 11.8 Å². The van der Waals surface area contributed by atoms with Crippen molar-refractivity contribution in [3.05, 3.63) is 0 Å². The minimum absolute atomic E-state index is 0.239. The molecule has 2 aliphatic rings. The van der Waals surface area contributed by atoms with Gasteiger partial charge >= 0.3 is 23.9 Å². The molecular weight excluding hydrogens is 420 g/mol. The van der Waals surface area contributed by atoms with Crippen LogP contribution in [0.2, 0.25) is 0 Å². The van der Waals surface area contributed by atoms with E-state index in [0.29, 0.717) is 12.2 Å². The Morgan fingerprint density at radius 3 is 1.90 bits per heavy atom. The number of thioether (sulfide) groups is 1. The summed E-state index contributed by atoms with van der Waals surface area (Å²) >= 11 is 1.31. The molecule has 1 saturated heterocycles. The molecule has 0 aromatic rings. The van der Waals surface area contributed by atoms with Crippen LogP contribution in [0.25, 0.3) is 0 Å². The number of carbonyl (C=O) groups excluding carboxylic acids is 4. The van der Waals surface area contributed by atoms with E-state index in [9.17, 15) is 19.2 Å². The van der Waals surface area contributed by atoms with Gasteiger partial charge in [0.15, 0.2) is 24.0 Å². The van der Waals surface area contributed by atoms with Gasteiger partial charge in [-0.2, -0.15) is 10.2 Å². The maximum Gasteiger partial charge on any atom is 0.303 e. The number of esters is 4. The normalized spacial score (nSPS) is 28.9. The largest absolute Gasteiger partial charge is 0.463 e. The summed E-state index contributed by atoms with van der Waals surface area (Å²) in [7, 11) is 0. The summed E-state index contributed by atoms with van der Waals surface area (Å²) < 4.78 is 27.1. The molecule has 2 aliphatic heterocycles. The topological polar surface area (TPSA) is 139 Å². The van der Waals surface area contributed by atoms with Crippen LogP contribution in [0.15, 0.2) is 10.2 Å². The van der Waals surface area contributed by atoms with E-state index < -0.39 is 59.4 Å². The zero-order chi connectivity index (χ0) is 22.5. The maximum atomic E-state index is 11.7. The number of carbonyl (C=O) groups is 4. The highest BCUT2D eigenvalue weighted by Crippen LogP contribution is 2.37. The monoisotopic (exact) mass is 446 g/mol. The molecule has 0 spiro atoms. The van der Waals surface area contributed by atoms with Gasteiger partial charge in [-0.1, -0.05) is 0 Å². The molecule has 2 heterocycles. The summed E-state index contributed by atoms with van der Waals surface area (Å²) in [6.07, 6.45) is -3.64. The van der Waals surface area contributed by atoms with Crippen molar-refractivity contribution >= 4 is 35.6 Å². The van der Waals surface area contributed by atoms with Crippen molar-refractivity contribution in [1.29, 1.82) is 0 Å². The van der Waals surface area contributed by atoms with Gasteiger partial charge in [0.05, 0.1) is 0 Å². The molecule has 0 N–H and O–H groups in total. The van der Waals surface area contributed by atoms with E-state index in [-0.39, 0.29) is 6.61 Å². The Morgan fingerprint density at radius 2 is 1.40 bits per heavy atom. The van der Waals surface area contributed by atoms with Crippen LogP contribution >= 0.6 is 11.8 Å². The molecule has 0 unspecified atom stereocenters. The van der Waals surface area contributed by atoms with Gasteiger partial charge < -0.3 is 23.7 Å². The SMILES string of the molecule is CC(=O)OC[C@H]1O[C@@H](SCCC2(C)N=N2)[C@H](OC(C)=O)[C@@H](OC(C)=O)[C@H]1OC(C)=O. The number of hydrogen-bond acceptors (Lipinski definition) is 12. The lowest BCUT2D eigenvalue weighted by Gasteiger charge is -2.44. The molecule has 30 heavy (non-hydrogen) atoms. The van der Waals surface area contributed by atoms with Crippen molar-refractivity contribution in [2.24, 2.45) is 10.2 Å². The fourth-order valence-electron chi connectivity index (χ4n) is 2.88. The van der Waals surface area contributed by atoms with E-state index in [0.717, 1.165) is 0 Å². The average molecular weight is 446 g/mol. The van der Waals surface area contributed by atoms with E-state index in [2.05, 4.69) is 10.2 Å². The lowest BCUT2D eigenvalue weighted by Crippen LogP contribution is -2.61. The number of rotatable bonds is 9. The molecule has 0 aromatic heterocycles. The van der Waals surface area contributed by atoms with Crippen LogP contribution in [-0.2, 0) is 42.9 Å². The Balaban J connectivity index is 2.27. The van der Waals surface area contributed by atoms with Crippen LogP contribution in [0.5, 0.6) is 0 Å². The van der Waals surface area contributed by atoms with E-state index in [4.69, 9.17) is 23.7 Å². The van der Waals surface area contributed by atoms with Crippen LogP contribution < -0.4 is 0 Å². The maximum absolute atomic E-state index is 11.7. The van der Waals surface area contributed by atoms with Gasteiger partial charge in [0.25, 0.3) is 0 Å². The Bertz CT molecular complexity index is 708. The van der Waals surface area contributed by atoms with Crippen molar-refractivity contribution in [1.82, 2.24) is 0 Å². The highest BCUT2D eigenvalue weighted by atomic mass is 32.2. The molecule has 0 radical (unpaired) electrons. The predicted molar refractivity (Wildman–Crippen MR) is 102 cm³/mol. The summed E-state index contributed by atoms with van der Waals surface area (Å²) in [5.41, 5.74) is -1.20. The first-order valence-electron chi connectivity index (χ1n) is 9.37. The van der Waals surface area contributed by atoms with E-state index >= 15 is 0 Å². The van der Waals surface area contributed by atoms with Crippen molar-refractivity contribution in [3.8, 4) is 0 Å². The fraction of sp³-hybridized carbons (Fsp3) is 0.778. The molecule has 11 nitrogen and oxygen atoms in total. The molecule has 0 aliphatic carbocycles. The standard InChI is InChI=1S/C18H26N2O9S/c1-9(21)25-8-13-14(26-10(2)22)15(27-11(3)23)16(28-12(4)24)17(29-13)30-7-6-18(5)19-20-18/h13-17H,6-8H2,1-5H3/t13-,14+,15+,16-,17+/m1/s1. The lowest BCUT2D eigenvalue weighted by molar-refractivity contribution is -0.237. The van der Waals surface area contributed by atoms with Crippen molar-refractivity contribution < 1.29 is 42.9 Å². The quantitative estimate of drug-likeness (QED) is 0.377. The van der Waals surface area contributed by atoms with Crippen molar-refractivity contribution in [2.75, 3.05) is 12.4 Å². The summed E-state index contributed by atoms with van der Waals surface area (Å²) in [4.78, 5) is 46.4. The summed E-state index contributed by atoms with van der Waals surface area (Å²) in [5.74, 6) is -1.94. The second kappa shape index (κ2) is 10.2. The first kappa shape index (κ1) is 24.1. The predicted octanol–water partition coefficient (Wildman–Crippen LogP) is 1.37. The highest BCUT2D eigenvalue weighted by molar-refractivity contribution is 7.99. The van der Waals surface area contributed by atoms with Gasteiger partial charge in [-0.05, 0) is 6.92 Å². The molecule has 5 atom stereocenters. The summed E-state index contributed by atoms with van der Waals surface area (Å²) in [6, 6.07) is 0. The molecule has 0 bridgehead atoms. The van der Waals surface area contributed by atoms with Gasteiger partial charge in [0.2, 0.25) is 0 Å². The van der Waals surface area contributed by atoms with Gasteiger partial charge in [0.1, 0.15) is 18.1 Å². The summed E-state index contributed by atoms with van der Waals surface area (Å²) in [6.45, 7) is 6.44. The van der Waals surface area contributed by atoms with Gasteiger partial charge in [-0.25, -0.2) is 0 Å². The Kier molecular flexibility index (Phi) is 8.18. The van der Waals surface area contributed by atoms with Crippen LogP contribution in [0.4, 0.5) is 0 Å². The zero-order valence-corrected chi connectivity index (χ0v) is 18.3. The third-order valence-corrected chi connectivity index (χ3v) is 5.40. The zero-order valence-electron chi connectivity index (χ0n) is 17.5. The third kappa shape index (κ3) is 7.24. The Hall–Kier alpha value is -2.21. The van der Waals surface area contributed by atoms with Gasteiger partial charge in [-0.3, -0.25) is 19.2 Å². The van der Waals surface area contributed by atoms with E-state index in [1.807, 2.05) is 6.92 Å². The van der Waals surface area contributed by atoms with Crippen LogP contribution in [-0.4, -0.2) is 71.8 Å². The van der Waals surface area contributed by atoms with Crippen LogP contribution in [0.1, 0.15) is 41.0 Å². The first-order valence-corrected chi connectivity index (χ1v) is 10.4. The molecule has 0 amide bonds. The lowest BCUT2D eigenvalue weighted by atomic mass is 9.99. The molecular formula is C18H26N2O9S. The molecule has 1 fully saturated rings. The van der Waals surface area contributed by atoms with Crippen LogP contribution in [0, 0.1) is 0 Å². The third-order valence-electron chi connectivity index (χ3n) is 4.25. The number of nitrogens with zero attached hydrogens (tertiary/aromatic N) is 2. The summed E-state index contributed by atoms with van der Waals surface area (Å²) in [5, 5.41) is 7.90. The molecule has 12 heteroatoms. The number of hydrogen-bond donors (Lipinski definition) is 0. The van der Waals surface area contributed by atoms with Gasteiger partial charge in [0, 0.05) is 39.9 Å². The molecule has 168 valence electrons.